The Morgan fingerprint density at radius 2 is 1.86 bits per heavy atom. The number of para-hydroxylation sites is 1. The fourth-order valence-electron chi connectivity index (χ4n) is 3.10. The summed E-state index contributed by atoms with van der Waals surface area (Å²) in [7, 11) is -2.24. The van der Waals surface area contributed by atoms with Crippen molar-refractivity contribution in [3.8, 4) is 0 Å². The van der Waals surface area contributed by atoms with Gasteiger partial charge >= 0.3 is 5.97 Å². The van der Waals surface area contributed by atoms with E-state index in [0.717, 1.165) is 0 Å². The van der Waals surface area contributed by atoms with Gasteiger partial charge in [0.25, 0.3) is 0 Å². The summed E-state index contributed by atoms with van der Waals surface area (Å²) >= 11 is 0. The van der Waals surface area contributed by atoms with Crippen LogP contribution in [0.2, 0.25) is 0 Å². The molecule has 0 bridgehead atoms. The Labute approximate surface area is 171 Å². The first-order valence-corrected chi connectivity index (χ1v) is 10.3. The van der Waals surface area contributed by atoms with Crippen LogP contribution in [-0.2, 0) is 21.3 Å². The SMILES string of the molecule is COC(=O)c1ccc(CN(c2ccccc2)S(=O)(=O)C2CCNCC2)nc1.Cl. The molecule has 0 saturated carbocycles. The van der Waals surface area contributed by atoms with Crippen molar-refractivity contribution in [2.45, 2.75) is 24.6 Å². The first kappa shape index (κ1) is 22.1. The monoisotopic (exact) mass is 425 g/mol. The van der Waals surface area contributed by atoms with Crippen LogP contribution in [0.1, 0.15) is 28.9 Å². The number of ether oxygens (including phenoxy) is 1. The molecule has 2 heterocycles. The summed E-state index contributed by atoms with van der Waals surface area (Å²) in [6.07, 6.45) is 2.57. The summed E-state index contributed by atoms with van der Waals surface area (Å²) in [5.74, 6) is -0.476. The van der Waals surface area contributed by atoms with Gasteiger partial charge in [0.15, 0.2) is 0 Å². The number of anilines is 1. The van der Waals surface area contributed by atoms with Crippen LogP contribution in [-0.4, -0.2) is 44.8 Å². The van der Waals surface area contributed by atoms with E-state index in [0.29, 0.717) is 42.9 Å². The summed E-state index contributed by atoms with van der Waals surface area (Å²) in [5, 5.41) is 2.78. The second-order valence-corrected chi connectivity index (χ2v) is 8.50. The van der Waals surface area contributed by atoms with E-state index in [2.05, 4.69) is 15.0 Å². The Bertz CT molecular complexity index is 870. The number of halogens is 1. The number of benzene rings is 1. The average Bonchev–Trinajstić information content (AvgIpc) is 2.73. The summed E-state index contributed by atoms with van der Waals surface area (Å²) in [4.78, 5) is 15.8. The molecule has 1 N–H and O–H groups in total. The minimum Gasteiger partial charge on any atom is -0.465 e. The standard InChI is InChI=1S/C19H23N3O4S.ClH/c1-26-19(23)15-7-8-16(21-13-15)14-22(17-5-3-2-4-6-17)27(24,25)18-9-11-20-12-10-18;/h2-8,13,18,20H,9-12,14H2,1H3;1H. The Balaban J connectivity index is 0.00000280. The molecule has 0 radical (unpaired) electrons. The maximum Gasteiger partial charge on any atom is 0.339 e. The largest absolute Gasteiger partial charge is 0.465 e. The fourth-order valence-corrected chi connectivity index (χ4v) is 5.02. The predicted octanol–water partition coefficient (Wildman–Crippen LogP) is 2.38. The van der Waals surface area contributed by atoms with Gasteiger partial charge in [-0.2, -0.15) is 0 Å². The summed E-state index contributed by atoms with van der Waals surface area (Å²) < 4.78 is 32.7. The summed E-state index contributed by atoms with van der Waals surface area (Å²) in [6.45, 7) is 1.49. The first-order chi connectivity index (χ1) is 13.0. The third kappa shape index (κ3) is 5.01. The van der Waals surface area contributed by atoms with Gasteiger partial charge in [-0.05, 0) is 50.2 Å². The molecule has 7 nitrogen and oxygen atoms in total. The Morgan fingerprint density at radius 1 is 1.18 bits per heavy atom. The number of nitrogens with zero attached hydrogens (tertiary/aromatic N) is 2. The fraction of sp³-hybridized carbons (Fsp3) is 0.368. The second-order valence-electron chi connectivity index (χ2n) is 6.37. The number of methoxy groups -OCH3 is 1. The van der Waals surface area contributed by atoms with Crippen LogP contribution in [0, 0.1) is 0 Å². The van der Waals surface area contributed by atoms with E-state index >= 15 is 0 Å². The Hall–Kier alpha value is -2.16. The van der Waals surface area contributed by atoms with E-state index in [4.69, 9.17) is 0 Å². The number of carbonyl (C=O) groups excluding carboxylic acids is 1. The highest BCUT2D eigenvalue weighted by Crippen LogP contribution is 2.26. The zero-order chi connectivity index (χ0) is 19.3. The number of rotatable bonds is 6. The molecule has 3 rings (SSSR count). The van der Waals surface area contributed by atoms with Gasteiger partial charge < -0.3 is 10.1 Å². The lowest BCUT2D eigenvalue weighted by Crippen LogP contribution is -2.44. The molecule has 1 aromatic heterocycles. The number of hydrogen-bond acceptors (Lipinski definition) is 6. The lowest BCUT2D eigenvalue weighted by Gasteiger charge is -2.31. The van der Waals surface area contributed by atoms with Crippen molar-refractivity contribution >= 4 is 34.1 Å². The van der Waals surface area contributed by atoms with Crippen molar-refractivity contribution in [3.63, 3.8) is 0 Å². The van der Waals surface area contributed by atoms with Gasteiger partial charge in [0, 0.05) is 6.20 Å². The molecule has 0 spiro atoms. The van der Waals surface area contributed by atoms with Gasteiger partial charge in [-0.1, -0.05) is 18.2 Å². The van der Waals surface area contributed by atoms with Gasteiger partial charge in [0.1, 0.15) is 0 Å². The van der Waals surface area contributed by atoms with E-state index < -0.39 is 21.2 Å². The van der Waals surface area contributed by atoms with Crippen molar-refractivity contribution in [2.24, 2.45) is 0 Å². The number of esters is 1. The molecule has 28 heavy (non-hydrogen) atoms. The molecule has 0 amide bonds. The number of aromatic nitrogens is 1. The third-order valence-corrected chi connectivity index (χ3v) is 6.88. The molecule has 2 aromatic rings. The van der Waals surface area contributed by atoms with E-state index in [1.807, 2.05) is 18.2 Å². The van der Waals surface area contributed by atoms with Crippen LogP contribution in [0.25, 0.3) is 0 Å². The van der Waals surface area contributed by atoms with E-state index in [1.54, 1.807) is 24.3 Å². The van der Waals surface area contributed by atoms with Crippen LogP contribution in [0.3, 0.4) is 0 Å². The van der Waals surface area contributed by atoms with Gasteiger partial charge in [0.05, 0.1) is 35.8 Å². The molecule has 0 atom stereocenters. The summed E-state index contributed by atoms with van der Waals surface area (Å²) in [6, 6.07) is 12.3. The van der Waals surface area contributed by atoms with Crippen molar-refractivity contribution in [1.29, 1.82) is 0 Å². The minimum atomic E-state index is -3.54. The van der Waals surface area contributed by atoms with E-state index in [1.165, 1.54) is 17.6 Å². The molecule has 9 heteroatoms. The Kier molecular flexibility index (Phi) is 7.79. The average molecular weight is 426 g/mol. The van der Waals surface area contributed by atoms with E-state index in [9.17, 15) is 13.2 Å². The predicted molar refractivity (Wildman–Crippen MR) is 110 cm³/mol. The molecule has 0 aliphatic carbocycles. The van der Waals surface area contributed by atoms with Crippen molar-refractivity contribution in [2.75, 3.05) is 24.5 Å². The third-order valence-electron chi connectivity index (χ3n) is 4.61. The Morgan fingerprint density at radius 3 is 2.43 bits per heavy atom. The number of pyridine rings is 1. The van der Waals surface area contributed by atoms with E-state index in [-0.39, 0.29) is 19.0 Å². The lowest BCUT2D eigenvalue weighted by molar-refractivity contribution is 0.0600. The molecule has 0 unspecified atom stereocenters. The molecular formula is C19H24ClN3O4S. The zero-order valence-electron chi connectivity index (χ0n) is 15.6. The zero-order valence-corrected chi connectivity index (χ0v) is 17.2. The van der Waals surface area contributed by atoms with Crippen LogP contribution >= 0.6 is 12.4 Å². The molecule has 1 aliphatic rings. The molecule has 1 fully saturated rings. The van der Waals surface area contributed by atoms with Crippen LogP contribution in [0.5, 0.6) is 0 Å². The second kappa shape index (κ2) is 9.86. The highest BCUT2D eigenvalue weighted by atomic mass is 35.5. The maximum atomic E-state index is 13.3. The first-order valence-electron chi connectivity index (χ1n) is 8.83. The van der Waals surface area contributed by atoms with Gasteiger partial charge in [0.2, 0.25) is 10.0 Å². The molecule has 1 aliphatic heterocycles. The lowest BCUT2D eigenvalue weighted by atomic mass is 10.2. The number of sulfonamides is 1. The maximum absolute atomic E-state index is 13.3. The van der Waals surface area contributed by atoms with Crippen LogP contribution in [0.15, 0.2) is 48.7 Å². The van der Waals surface area contributed by atoms with Crippen LogP contribution in [0.4, 0.5) is 5.69 Å². The smallest absolute Gasteiger partial charge is 0.339 e. The quantitative estimate of drug-likeness (QED) is 0.715. The molecular weight excluding hydrogens is 402 g/mol. The van der Waals surface area contributed by atoms with Crippen molar-refractivity contribution < 1.29 is 17.9 Å². The topological polar surface area (TPSA) is 88.6 Å². The summed E-state index contributed by atoms with van der Waals surface area (Å²) in [5.41, 5.74) is 1.49. The molecule has 1 aromatic carbocycles. The highest BCUT2D eigenvalue weighted by Gasteiger charge is 2.33. The highest BCUT2D eigenvalue weighted by molar-refractivity contribution is 7.93. The number of piperidine rings is 1. The molecule has 1 saturated heterocycles. The molecule has 152 valence electrons. The van der Waals surface area contributed by atoms with Gasteiger partial charge in [-0.3, -0.25) is 9.29 Å². The van der Waals surface area contributed by atoms with Crippen molar-refractivity contribution in [3.05, 3.63) is 59.9 Å². The number of nitrogens with one attached hydrogen (secondary N) is 1. The number of carbonyl (C=O) groups is 1. The number of hydrogen-bond donors (Lipinski definition) is 1. The normalized spacial score (nSPS) is 14.8. The van der Waals surface area contributed by atoms with Gasteiger partial charge in [-0.15, -0.1) is 12.4 Å². The van der Waals surface area contributed by atoms with Crippen LogP contribution < -0.4 is 9.62 Å². The van der Waals surface area contributed by atoms with Crippen molar-refractivity contribution in [1.82, 2.24) is 10.3 Å². The minimum absolute atomic E-state index is 0. The van der Waals surface area contributed by atoms with Gasteiger partial charge in [-0.25, -0.2) is 13.2 Å².